The molecule has 1 aromatic heterocycles. The SMILES string of the molecule is Cc1nc(C)c([C@H](OC(C)(C)C)C(=O)O)c(N2CCC(C)(C)CC2)c1-c1ccc2c(c1)CCN(Cc1ccc(Cl)cc1Cl)C2. The normalized spacial score (nSPS) is 17.8. The quantitative estimate of drug-likeness (QED) is 0.279. The van der Waals surface area contributed by atoms with Crippen LogP contribution in [0.25, 0.3) is 11.1 Å². The van der Waals surface area contributed by atoms with Crippen LogP contribution in [0.1, 0.15) is 87.2 Å². The maximum absolute atomic E-state index is 12.8. The highest BCUT2D eigenvalue weighted by molar-refractivity contribution is 6.35. The molecule has 1 fully saturated rings. The van der Waals surface area contributed by atoms with Gasteiger partial charge in [-0.3, -0.25) is 9.88 Å². The lowest BCUT2D eigenvalue weighted by Crippen LogP contribution is -2.39. The number of fused-ring (bicyclic) bond motifs is 1. The topological polar surface area (TPSA) is 65.9 Å². The van der Waals surface area contributed by atoms with Crippen LogP contribution >= 0.6 is 23.2 Å². The minimum atomic E-state index is -1.13. The van der Waals surface area contributed by atoms with Gasteiger partial charge < -0.3 is 14.7 Å². The maximum Gasteiger partial charge on any atom is 0.337 e. The number of aliphatic carboxylic acids is 1. The maximum atomic E-state index is 12.8. The van der Waals surface area contributed by atoms with Crippen molar-refractivity contribution in [2.75, 3.05) is 24.5 Å². The molecule has 0 unspecified atom stereocenters. The van der Waals surface area contributed by atoms with Gasteiger partial charge in [-0.1, -0.05) is 61.3 Å². The van der Waals surface area contributed by atoms with Crippen LogP contribution in [-0.2, 0) is 29.0 Å². The number of carboxylic acid groups (broad SMARTS) is 1. The summed E-state index contributed by atoms with van der Waals surface area (Å²) in [6.07, 6.45) is 1.85. The van der Waals surface area contributed by atoms with Gasteiger partial charge in [-0.15, -0.1) is 0 Å². The Morgan fingerprint density at radius 2 is 1.73 bits per heavy atom. The third kappa shape index (κ3) is 7.25. The molecule has 3 aromatic rings. The summed E-state index contributed by atoms with van der Waals surface area (Å²) in [5.41, 5.74) is 8.59. The van der Waals surface area contributed by atoms with Gasteiger partial charge in [-0.05, 0) is 93.7 Å². The molecule has 0 saturated carbocycles. The van der Waals surface area contributed by atoms with Gasteiger partial charge in [0, 0.05) is 65.3 Å². The smallest absolute Gasteiger partial charge is 0.337 e. The predicted molar refractivity (Wildman–Crippen MR) is 180 cm³/mol. The van der Waals surface area contributed by atoms with Crippen molar-refractivity contribution in [3.8, 4) is 11.1 Å². The van der Waals surface area contributed by atoms with E-state index < -0.39 is 17.7 Å². The standard InChI is InChI=1S/C36H45Cl2N3O3/c1-22-30(25-8-9-26-20-40(15-12-24(26)18-25)21-27-10-11-28(37)19-29(27)38)32(41-16-13-36(6,7)14-17-41)31(23(2)39-22)33(34(42)43)44-35(3,4)5/h8-11,18-19,33H,12-17,20-21H2,1-7H3,(H,42,43)/t33-/m0/s1. The summed E-state index contributed by atoms with van der Waals surface area (Å²) in [4.78, 5) is 22.6. The molecule has 2 aromatic carbocycles. The summed E-state index contributed by atoms with van der Waals surface area (Å²) >= 11 is 12.6. The van der Waals surface area contributed by atoms with Crippen LogP contribution in [0.15, 0.2) is 36.4 Å². The molecule has 1 saturated heterocycles. The lowest BCUT2D eigenvalue weighted by Gasteiger charge is -2.41. The molecule has 6 nitrogen and oxygen atoms in total. The highest BCUT2D eigenvalue weighted by Crippen LogP contribution is 2.45. The first-order chi connectivity index (χ1) is 20.6. The number of ether oxygens (including phenoxy) is 1. The van der Waals surface area contributed by atoms with Crippen LogP contribution in [0.3, 0.4) is 0 Å². The first-order valence-electron chi connectivity index (χ1n) is 15.6. The van der Waals surface area contributed by atoms with E-state index in [1.54, 1.807) is 6.07 Å². The zero-order valence-corrected chi connectivity index (χ0v) is 28.6. The minimum Gasteiger partial charge on any atom is -0.479 e. The Hall–Kier alpha value is -2.64. The molecule has 0 bridgehead atoms. The molecule has 8 heteroatoms. The fourth-order valence-corrected chi connectivity index (χ4v) is 7.02. The molecule has 1 atom stereocenters. The van der Waals surface area contributed by atoms with Gasteiger partial charge in [-0.25, -0.2) is 4.79 Å². The van der Waals surface area contributed by atoms with E-state index in [9.17, 15) is 9.90 Å². The molecule has 0 amide bonds. The van der Waals surface area contributed by atoms with Gasteiger partial charge in [0.05, 0.1) is 11.3 Å². The number of pyridine rings is 1. The van der Waals surface area contributed by atoms with Crippen LogP contribution in [-0.4, -0.2) is 46.2 Å². The Labute approximate surface area is 272 Å². The number of hydrogen-bond donors (Lipinski definition) is 1. The third-order valence-corrected chi connectivity index (χ3v) is 9.55. The van der Waals surface area contributed by atoms with E-state index in [4.69, 9.17) is 32.9 Å². The van der Waals surface area contributed by atoms with Crippen LogP contribution in [0.4, 0.5) is 5.69 Å². The highest BCUT2D eigenvalue weighted by atomic mass is 35.5. The lowest BCUT2D eigenvalue weighted by atomic mass is 9.81. The molecule has 1 N–H and O–H groups in total. The van der Waals surface area contributed by atoms with Crippen molar-refractivity contribution in [2.45, 2.75) is 92.5 Å². The number of halogens is 2. The Kier molecular flexibility index (Phi) is 9.40. The zero-order valence-electron chi connectivity index (χ0n) is 27.1. The Morgan fingerprint density at radius 1 is 1.02 bits per heavy atom. The Morgan fingerprint density at radius 3 is 2.36 bits per heavy atom. The number of carboxylic acids is 1. The highest BCUT2D eigenvalue weighted by Gasteiger charge is 2.36. The van der Waals surface area contributed by atoms with Gasteiger partial charge >= 0.3 is 5.97 Å². The fourth-order valence-electron chi connectivity index (χ4n) is 6.55. The number of hydrogen-bond acceptors (Lipinski definition) is 5. The lowest BCUT2D eigenvalue weighted by molar-refractivity contribution is -0.160. The summed E-state index contributed by atoms with van der Waals surface area (Å²) in [6.45, 7) is 18.5. The van der Waals surface area contributed by atoms with Gasteiger partial charge in [0.25, 0.3) is 0 Å². The van der Waals surface area contributed by atoms with E-state index in [1.165, 1.54) is 11.1 Å². The second-order valence-electron chi connectivity index (χ2n) is 14.2. The third-order valence-electron chi connectivity index (χ3n) is 8.97. The van der Waals surface area contributed by atoms with Crippen molar-refractivity contribution in [1.82, 2.24) is 9.88 Å². The largest absolute Gasteiger partial charge is 0.479 e. The summed E-state index contributed by atoms with van der Waals surface area (Å²) in [5, 5.41) is 11.8. The molecule has 2 aliphatic rings. The molecule has 2 aliphatic heterocycles. The molecule has 44 heavy (non-hydrogen) atoms. The minimum absolute atomic E-state index is 0.246. The molecule has 3 heterocycles. The van der Waals surface area contributed by atoms with Crippen molar-refractivity contribution >= 4 is 34.9 Å². The van der Waals surface area contributed by atoms with Crippen molar-refractivity contribution in [2.24, 2.45) is 5.41 Å². The molecular formula is C36H45Cl2N3O3. The predicted octanol–water partition coefficient (Wildman–Crippen LogP) is 8.80. The average Bonchev–Trinajstić information content (AvgIpc) is 2.92. The van der Waals surface area contributed by atoms with Crippen molar-refractivity contribution in [3.63, 3.8) is 0 Å². The summed E-state index contributed by atoms with van der Waals surface area (Å²) in [5.74, 6) is -0.996. The van der Waals surface area contributed by atoms with E-state index in [0.29, 0.717) is 21.3 Å². The molecule has 0 aliphatic carbocycles. The number of aromatic nitrogens is 1. The van der Waals surface area contributed by atoms with Crippen LogP contribution < -0.4 is 4.90 Å². The monoisotopic (exact) mass is 637 g/mol. The summed E-state index contributed by atoms with van der Waals surface area (Å²) in [6, 6.07) is 12.4. The zero-order chi connectivity index (χ0) is 32.0. The molecule has 236 valence electrons. The Bertz CT molecular complexity index is 1550. The number of rotatable bonds is 7. The number of piperidine rings is 1. The van der Waals surface area contributed by atoms with Gasteiger partial charge in [0.2, 0.25) is 0 Å². The average molecular weight is 639 g/mol. The molecule has 0 spiro atoms. The van der Waals surface area contributed by atoms with Crippen LogP contribution in [0.5, 0.6) is 0 Å². The fraction of sp³-hybridized carbons (Fsp3) is 0.500. The van der Waals surface area contributed by atoms with Crippen LogP contribution in [0, 0.1) is 19.3 Å². The number of aryl methyl sites for hydroxylation is 2. The first kappa shape index (κ1) is 32.7. The number of nitrogens with zero attached hydrogens (tertiary/aromatic N) is 3. The molecular weight excluding hydrogens is 593 g/mol. The summed E-state index contributed by atoms with van der Waals surface area (Å²) in [7, 11) is 0. The van der Waals surface area contributed by atoms with Crippen molar-refractivity contribution < 1.29 is 14.6 Å². The first-order valence-corrected chi connectivity index (χ1v) is 16.3. The molecule has 0 radical (unpaired) electrons. The van der Waals surface area contributed by atoms with Gasteiger partial charge in [-0.2, -0.15) is 0 Å². The second kappa shape index (κ2) is 12.6. The van der Waals surface area contributed by atoms with Gasteiger partial charge in [0.15, 0.2) is 6.10 Å². The van der Waals surface area contributed by atoms with Gasteiger partial charge in [0.1, 0.15) is 0 Å². The van der Waals surface area contributed by atoms with E-state index in [1.807, 2.05) is 46.8 Å². The number of carbonyl (C=O) groups is 1. The summed E-state index contributed by atoms with van der Waals surface area (Å²) < 4.78 is 6.25. The Balaban J connectivity index is 1.56. The van der Waals surface area contributed by atoms with E-state index in [-0.39, 0.29) is 5.41 Å². The van der Waals surface area contributed by atoms with Crippen molar-refractivity contribution in [1.29, 1.82) is 0 Å². The van der Waals surface area contributed by atoms with E-state index in [0.717, 1.165) is 80.1 Å². The van der Waals surface area contributed by atoms with E-state index in [2.05, 4.69) is 41.8 Å². The number of anilines is 1. The van der Waals surface area contributed by atoms with E-state index >= 15 is 0 Å². The molecule has 5 rings (SSSR count). The van der Waals surface area contributed by atoms with Crippen molar-refractivity contribution in [3.05, 3.63) is 80.1 Å². The second-order valence-corrected chi connectivity index (χ2v) is 15.0. The van der Waals surface area contributed by atoms with Crippen LogP contribution in [0.2, 0.25) is 10.0 Å². The number of benzene rings is 2.